The molecule has 21 heavy (non-hydrogen) atoms. The monoisotopic (exact) mass is 308 g/mol. The Kier molecular flexibility index (Phi) is 5.73. The van der Waals surface area contributed by atoms with Gasteiger partial charge in [-0.25, -0.2) is 0 Å². The number of hydrogen-bond acceptors (Lipinski definition) is 5. The van der Waals surface area contributed by atoms with E-state index in [2.05, 4.69) is 27.2 Å². The van der Waals surface area contributed by atoms with Gasteiger partial charge in [0.25, 0.3) is 0 Å². The molecule has 0 bridgehead atoms. The van der Waals surface area contributed by atoms with Crippen molar-refractivity contribution in [2.24, 2.45) is 5.73 Å². The smallest absolute Gasteiger partial charge is 0.240 e. The molecule has 114 valence electrons. The van der Waals surface area contributed by atoms with Crippen LogP contribution in [0.15, 0.2) is 34.9 Å². The zero-order chi connectivity index (χ0) is 13.8. The molecule has 1 saturated heterocycles. The molecule has 1 aromatic carbocycles. The van der Waals surface area contributed by atoms with Gasteiger partial charge in [0, 0.05) is 19.0 Å². The summed E-state index contributed by atoms with van der Waals surface area (Å²) < 4.78 is 5.33. The van der Waals surface area contributed by atoms with E-state index in [1.54, 1.807) is 0 Å². The quantitative estimate of drug-likeness (QED) is 0.935. The summed E-state index contributed by atoms with van der Waals surface area (Å²) in [5, 5.41) is 4.05. The molecule has 0 amide bonds. The number of benzene rings is 1. The van der Waals surface area contributed by atoms with Crippen molar-refractivity contribution in [3.63, 3.8) is 0 Å². The predicted octanol–water partition coefficient (Wildman–Crippen LogP) is 2.01. The Hall–Kier alpha value is -1.43. The highest BCUT2D eigenvalue weighted by Crippen LogP contribution is 2.12. The van der Waals surface area contributed by atoms with Crippen LogP contribution in [0.3, 0.4) is 0 Å². The molecule has 1 aliphatic rings. The fourth-order valence-corrected chi connectivity index (χ4v) is 2.63. The summed E-state index contributed by atoms with van der Waals surface area (Å²) >= 11 is 0. The van der Waals surface area contributed by atoms with Crippen molar-refractivity contribution in [3.8, 4) is 0 Å². The molecule has 0 saturated carbocycles. The fraction of sp³-hybridized carbons (Fsp3) is 0.467. The molecule has 6 heteroatoms. The molecule has 0 aliphatic carbocycles. The highest BCUT2D eigenvalue weighted by molar-refractivity contribution is 5.85. The second-order valence-electron chi connectivity index (χ2n) is 5.40. The van der Waals surface area contributed by atoms with Gasteiger partial charge in [0.1, 0.15) is 0 Å². The second kappa shape index (κ2) is 7.54. The maximum atomic E-state index is 5.98. The van der Waals surface area contributed by atoms with Crippen LogP contribution in [0.4, 0.5) is 0 Å². The second-order valence-corrected chi connectivity index (χ2v) is 5.40. The summed E-state index contributed by atoms with van der Waals surface area (Å²) in [7, 11) is 0. The highest BCUT2D eigenvalue weighted by atomic mass is 35.5. The Balaban J connectivity index is 0.00000161. The van der Waals surface area contributed by atoms with Crippen molar-refractivity contribution >= 4 is 12.4 Å². The Bertz CT molecular complexity index is 546. The SMILES string of the molecule is Cl.N[C@@H]1CCCN(Cc2nc(Cc3ccccc3)no2)C1. The average Bonchev–Trinajstić information content (AvgIpc) is 2.87. The molecule has 3 rings (SSSR count). The molecule has 1 aliphatic heterocycles. The van der Waals surface area contributed by atoms with E-state index < -0.39 is 0 Å². The Morgan fingerprint density at radius 2 is 2.10 bits per heavy atom. The van der Waals surface area contributed by atoms with Crippen LogP contribution in [0, 0.1) is 0 Å². The van der Waals surface area contributed by atoms with Crippen molar-refractivity contribution < 1.29 is 4.52 Å². The van der Waals surface area contributed by atoms with Crippen LogP contribution in [-0.4, -0.2) is 34.2 Å². The van der Waals surface area contributed by atoms with Crippen LogP contribution in [0.2, 0.25) is 0 Å². The number of halogens is 1. The Morgan fingerprint density at radius 3 is 2.86 bits per heavy atom. The third kappa shape index (κ3) is 4.52. The maximum Gasteiger partial charge on any atom is 0.240 e. The lowest BCUT2D eigenvalue weighted by molar-refractivity contribution is 0.178. The highest BCUT2D eigenvalue weighted by Gasteiger charge is 2.19. The van der Waals surface area contributed by atoms with Gasteiger partial charge in [0.15, 0.2) is 5.82 Å². The minimum Gasteiger partial charge on any atom is -0.338 e. The summed E-state index contributed by atoms with van der Waals surface area (Å²) in [6.07, 6.45) is 2.97. The minimum absolute atomic E-state index is 0. The van der Waals surface area contributed by atoms with E-state index in [-0.39, 0.29) is 18.4 Å². The third-order valence-electron chi connectivity index (χ3n) is 3.62. The lowest BCUT2D eigenvalue weighted by atomic mass is 10.1. The number of aromatic nitrogens is 2. The maximum absolute atomic E-state index is 5.98. The summed E-state index contributed by atoms with van der Waals surface area (Å²) in [5.74, 6) is 1.43. The standard InChI is InChI=1S/C15H20N4O.ClH/c16-13-7-4-8-19(10-13)11-15-17-14(18-20-15)9-12-5-2-1-3-6-12;/h1-3,5-6,13H,4,7-11,16H2;1H/t13-;/m1./s1. The lowest BCUT2D eigenvalue weighted by Crippen LogP contribution is -2.42. The Morgan fingerprint density at radius 1 is 1.29 bits per heavy atom. The van der Waals surface area contributed by atoms with Crippen LogP contribution in [0.1, 0.15) is 30.1 Å². The zero-order valence-electron chi connectivity index (χ0n) is 11.9. The van der Waals surface area contributed by atoms with Gasteiger partial charge in [-0.3, -0.25) is 4.90 Å². The minimum atomic E-state index is 0. The molecule has 2 N–H and O–H groups in total. The van der Waals surface area contributed by atoms with E-state index in [9.17, 15) is 0 Å². The molecule has 2 aromatic rings. The summed E-state index contributed by atoms with van der Waals surface area (Å²) in [6.45, 7) is 2.68. The summed E-state index contributed by atoms with van der Waals surface area (Å²) in [6, 6.07) is 10.5. The molecular formula is C15H21ClN4O. The first-order valence-corrected chi connectivity index (χ1v) is 7.13. The van der Waals surface area contributed by atoms with Gasteiger partial charge in [-0.2, -0.15) is 4.98 Å². The largest absolute Gasteiger partial charge is 0.338 e. The molecular weight excluding hydrogens is 288 g/mol. The van der Waals surface area contributed by atoms with Crippen LogP contribution in [0.25, 0.3) is 0 Å². The third-order valence-corrected chi connectivity index (χ3v) is 3.62. The van der Waals surface area contributed by atoms with Crippen molar-refractivity contribution in [1.82, 2.24) is 15.0 Å². The van der Waals surface area contributed by atoms with Crippen LogP contribution >= 0.6 is 12.4 Å². The van der Waals surface area contributed by atoms with Crippen LogP contribution < -0.4 is 5.73 Å². The average molecular weight is 309 g/mol. The first kappa shape index (κ1) is 15.9. The van der Waals surface area contributed by atoms with Gasteiger partial charge in [-0.05, 0) is 24.9 Å². The van der Waals surface area contributed by atoms with E-state index >= 15 is 0 Å². The van der Waals surface area contributed by atoms with Crippen molar-refractivity contribution in [1.29, 1.82) is 0 Å². The van der Waals surface area contributed by atoms with Crippen LogP contribution in [-0.2, 0) is 13.0 Å². The van der Waals surface area contributed by atoms with Gasteiger partial charge in [0.05, 0.1) is 6.54 Å². The summed E-state index contributed by atoms with van der Waals surface area (Å²) in [5.41, 5.74) is 7.17. The number of likely N-dealkylation sites (tertiary alicyclic amines) is 1. The Labute approximate surface area is 130 Å². The number of hydrogen-bond donors (Lipinski definition) is 1. The normalized spacial score (nSPS) is 19.2. The molecule has 1 aromatic heterocycles. The van der Waals surface area contributed by atoms with Gasteiger partial charge in [-0.15, -0.1) is 12.4 Å². The van der Waals surface area contributed by atoms with Gasteiger partial charge >= 0.3 is 0 Å². The molecule has 0 radical (unpaired) electrons. The summed E-state index contributed by atoms with van der Waals surface area (Å²) in [4.78, 5) is 6.75. The van der Waals surface area contributed by atoms with Gasteiger partial charge in [-0.1, -0.05) is 35.5 Å². The van der Waals surface area contributed by atoms with Crippen molar-refractivity contribution in [2.75, 3.05) is 13.1 Å². The number of rotatable bonds is 4. The van der Waals surface area contributed by atoms with E-state index in [1.807, 2.05) is 18.2 Å². The molecule has 0 spiro atoms. The first-order chi connectivity index (χ1) is 9.79. The van der Waals surface area contributed by atoms with E-state index in [1.165, 1.54) is 5.56 Å². The van der Waals surface area contributed by atoms with Gasteiger partial charge in [0.2, 0.25) is 5.89 Å². The predicted molar refractivity (Wildman–Crippen MR) is 83.3 cm³/mol. The van der Waals surface area contributed by atoms with Crippen LogP contribution in [0.5, 0.6) is 0 Å². The fourth-order valence-electron chi connectivity index (χ4n) is 2.63. The molecule has 2 heterocycles. The molecule has 0 unspecified atom stereocenters. The topological polar surface area (TPSA) is 68.2 Å². The lowest BCUT2D eigenvalue weighted by Gasteiger charge is -2.29. The van der Waals surface area contributed by atoms with Crippen molar-refractivity contribution in [2.45, 2.75) is 31.8 Å². The molecule has 5 nitrogen and oxygen atoms in total. The van der Waals surface area contributed by atoms with Gasteiger partial charge < -0.3 is 10.3 Å². The molecule has 1 atom stereocenters. The number of nitrogens with two attached hydrogens (primary N) is 1. The van der Waals surface area contributed by atoms with E-state index in [4.69, 9.17) is 10.3 Å². The van der Waals surface area contributed by atoms with Crippen molar-refractivity contribution in [3.05, 3.63) is 47.6 Å². The molecule has 1 fully saturated rings. The zero-order valence-corrected chi connectivity index (χ0v) is 12.8. The van der Waals surface area contributed by atoms with E-state index in [0.717, 1.165) is 31.8 Å². The van der Waals surface area contributed by atoms with E-state index in [0.29, 0.717) is 18.9 Å². The number of nitrogens with zero attached hydrogens (tertiary/aromatic N) is 3. The first-order valence-electron chi connectivity index (χ1n) is 7.13. The number of piperidine rings is 1.